The van der Waals surface area contributed by atoms with Crippen molar-refractivity contribution < 1.29 is 5.11 Å². The van der Waals surface area contributed by atoms with Gasteiger partial charge in [-0.1, -0.05) is 12.8 Å². The Morgan fingerprint density at radius 1 is 1.44 bits per heavy atom. The van der Waals surface area contributed by atoms with E-state index in [2.05, 4.69) is 25.0 Å². The summed E-state index contributed by atoms with van der Waals surface area (Å²) in [4.78, 5) is 0. The molecule has 2 unspecified atom stereocenters. The molecule has 1 aliphatic rings. The van der Waals surface area contributed by atoms with E-state index in [1.165, 1.54) is 12.8 Å². The molecule has 1 heterocycles. The first-order valence-corrected chi connectivity index (χ1v) is 6.39. The maximum Gasteiger partial charge on any atom is 0.0628 e. The van der Waals surface area contributed by atoms with E-state index in [4.69, 9.17) is 0 Å². The second-order valence-corrected chi connectivity index (χ2v) is 5.20. The van der Waals surface area contributed by atoms with Crippen LogP contribution in [0.25, 0.3) is 0 Å². The Labute approximate surface area is 97.5 Å². The van der Waals surface area contributed by atoms with E-state index in [0.717, 1.165) is 25.0 Å². The number of nitrogens with zero attached hydrogens (tertiary/aromatic N) is 2. The van der Waals surface area contributed by atoms with Crippen molar-refractivity contribution in [3.05, 3.63) is 18.0 Å². The lowest BCUT2D eigenvalue weighted by molar-refractivity contribution is 0.0694. The van der Waals surface area contributed by atoms with Crippen LogP contribution >= 0.6 is 0 Å². The summed E-state index contributed by atoms with van der Waals surface area (Å²) in [6, 6.07) is 2.51. The van der Waals surface area contributed by atoms with Crippen LogP contribution in [0.4, 0.5) is 0 Å². The molecule has 1 N–H and O–H groups in total. The molecule has 1 saturated carbocycles. The van der Waals surface area contributed by atoms with Crippen LogP contribution in [0, 0.1) is 5.92 Å². The van der Waals surface area contributed by atoms with E-state index < -0.39 is 0 Å². The largest absolute Gasteiger partial charge is 0.393 e. The lowest BCUT2D eigenvalue weighted by Gasteiger charge is -2.26. The first-order chi connectivity index (χ1) is 7.66. The predicted octanol–water partition coefficient (Wildman–Crippen LogP) is 2.56. The van der Waals surface area contributed by atoms with E-state index in [0.29, 0.717) is 12.0 Å². The molecule has 90 valence electrons. The number of aliphatic hydroxyl groups is 1. The Morgan fingerprint density at radius 2 is 2.19 bits per heavy atom. The van der Waals surface area contributed by atoms with Crippen LogP contribution < -0.4 is 0 Å². The van der Waals surface area contributed by atoms with Gasteiger partial charge in [-0.3, -0.25) is 4.68 Å². The first-order valence-electron chi connectivity index (χ1n) is 6.39. The maximum absolute atomic E-state index is 9.91. The molecule has 1 fully saturated rings. The van der Waals surface area contributed by atoms with E-state index in [1.54, 1.807) is 0 Å². The van der Waals surface area contributed by atoms with Gasteiger partial charge in [-0.15, -0.1) is 0 Å². The van der Waals surface area contributed by atoms with Crippen molar-refractivity contribution in [1.82, 2.24) is 9.78 Å². The SMILES string of the molecule is CC(C)n1ccc(CC2CCCCC2O)n1. The molecule has 1 aromatic heterocycles. The molecule has 0 saturated heterocycles. The fraction of sp³-hybridized carbons (Fsp3) is 0.769. The number of hydrogen-bond donors (Lipinski definition) is 1. The Morgan fingerprint density at radius 3 is 2.81 bits per heavy atom. The highest BCUT2D eigenvalue weighted by Crippen LogP contribution is 2.27. The van der Waals surface area contributed by atoms with Gasteiger partial charge in [0.15, 0.2) is 0 Å². The highest BCUT2D eigenvalue weighted by molar-refractivity contribution is 5.02. The van der Waals surface area contributed by atoms with Crippen LogP contribution in [-0.2, 0) is 6.42 Å². The lowest BCUT2D eigenvalue weighted by Crippen LogP contribution is -2.26. The van der Waals surface area contributed by atoms with E-state index in [9.17, 15) is 5.11 Å². The minimum atomic E-state index is -0.113. The second kappa shape index (κ2) is 5.00. The van der Waals surface area contributed by atoms with Gasteiger partial charge in [0.25, 0.3) is 0 Å². The van der Waals surface area contributed by atoms with Gasteiger partial charge < -0.3 is 5.11 Å². The molecule has 1 aliphatic carbocycles. The Kier molecular flexibility index (Phi) is 3.64. The standard InChI is InChI=1S/C13H22N2O/c1-10(2)15-8-7-12(14-15)9-11-5-3-4-6-13(11)16/h7-8,10-11,13,16H,3-6,9H2,1-2H3. The molecule has 16 heavy (non-hydrogen) atoms. The Balaban J connectivity index is 1.97. The fourth-order valence-electron chi connectivity index (χ4n) is 2.47. The minimum Gasteiger partial charge on any atom is -0.393 e. The molecule has 3 heteroatoms. The van der Waals surface area contributed by atoms with Crippen LogP contribution in [0.2, 0.25) is 0 Å². The molecule has 0 aromatic carbocycles. The third-order valence-corrected chi connectivity index (χ3v) is 3.53. The topological polar surface area (TPSA) is 38.0 Å². The smallest absolute Gasteiger partial charge is 0.0628 e. The van der Waals surface area contributed by atoms with Gasteiger partial charge in [-0.25, -0.2) is 0 Å². The minimum absolute atomic E-state index is 0.113. The summed E-state index contributed by atoms with van der Waals surface area (Å²) in [5.74, 6) is 0.421. The summed E-state index contributed by atoms with van der Waals surface area (Å²) in [7, 11) is 0. The molecule has 0 bridgehead atoms. The zero-order chi connectivity index (χ0) is 11.5. The Bertz CT molecular complexity index is 332. The van der Waals surface area contributed by atoms with Gasteiger partial charge in [-0.2, -0.15) is 5.10 Å². The summed E-state index contributed by atoms with van der Waals surface area (Å²) < 4.78 is 1.99. The number of aromatic nitrogens is 2. The van der Waals surface area contributed by atoms with Gasteiger partial charge in [0, 0.05) is 12.2 Å². The van der Waals surface area contributed by atoms with E-state index >= 15 is 0 Å². The Hall–Kier alpha value is -0.830. The lowest BCUT2D eigenvalue weighted by atomic mass is 9.84. The van der Waals surface area contributed by atoms with Gasteiger partial charge in [-0.05, 0) is 45.1 Å². The third kappa shape index (κ3) is 2.64. The predicted molar refractivity (Wildman–Crippen MR) is 64.3 cm³/mol. The molecule has 2 rings (SSSR count). The molecular formula is C13H22N2O. The number of hydrogen-bond acceptors (Lipinski definition) is 2. The van der Waals surface area contributed by atoms with Crippen molar-refractivity contribution in [3.8, 4) is 0 Å². The zero-order valence-corrected chi connectivity index (χ0v) is 10.3. The van der Waals surface area contributed by atoms with Gasteiger partial charge in [0.2, 0.25) is 0 Å². The van der Waals surface area contributed by atoms with Crippen LogP contribution in [-0.4, -0.2) is 21.0 Å². The quantitative estimate of drug-likeness (QED) is 0.853. The van der Waals surface area contributed by atoms with Gasteiger partial charge in [0.05, 0.1) is 11.8 Å². The molecule has 0 spiro atoms. The molecule has 0 amide bonds. The monoisotopic (exact) mass is 222 g/mol. The second-order valence-electron chi connectivity index (χ2n) is 5.20. The van der Waals surface area contributed by atoms with Gasteiger partial charge in [0.1, 0.15) is 0 Å². The average molecular weight is 222 g/mol. The molecular weight excluding hydrogens is 200 g/mol. The van der Waals surface area contributed by atoms with E-state index in [1.807, 2.05) is 10.9 Å². The third-order valence-electron chi connectivity index (χ3n) is 3.53. The van der Waals surface area contributed by atoms with Crippen molar-refractivity contribution in [2.24, 2.45) is 5.92 Å². The maximum atomic E-state index is 9.91. The van der Waals surface area contributed by atoms with Crippen molar-refractivity contribution in [3.63, 3.8) is 0 Å². The summed E-state index contributed by atoms with van der Waals surface area (Å²) in [5, 5.41) is 14.5. The molecule has 1 aromatic rings. The van der Waals surface area contributed by atoms with Crippen LogP contribution in [0.5, 0.6) is 0 Å². The molecule has 2 atom stereocenters. The van der Waals surface area contributed by atoms with Crippen molar-refractivity contribution >= 4 is 0 Å². The van der Waals surface area contributed by atoms with Crippen LogP contribution in [0.1, 0.15) is 51.3 Å². The summed E-state index contributed by atoms with van der Waals surface area (Å²) in [5.41, 5.74) is 1.12. The van der Waals surface area contributed by atoms with Crippen LogP contribution in [0.15, 0.2) is 12.3 Å². The summed E-state index contributed by atoms with van der Waals surface area (Å²) in [6.07, 6.45) is 7.41. The number of rotatable bonds is 3. The molecule has 3 nitrogen and oxygen atoms in total. The highest BCUT2D eigenvalue weighted by Gasteiger charge is 2.23. The van der Waals surface area contributed by atoms with Crippen molar-refractivity contribution in [1.29, 1.82) is 0 Å². The van der Waals surface area contributed by atoms with Crippen molar-refractivity contribution in [2.45, 2.75) is 58.1 Å². The van der Waals surface area contributed by atoms with E-state index in [-0.39, 0.29) is 6.10 Å². The number of aliphatic hydroxyl groups excluding tert-OH is 1. The highest BCUT2D eigenvalue weighted by atomic mass is 16.3. The van der Waals surface area contributed by atoms with Gasteiger partial charge >= 0.3 is 0 Å². The van der Waals surface area contributed by atoms with Crippen molar-refractivity contribution in [2.75, 3.05) is 0 Å². The first kappa shape index (κ1) is 11.6. The molecule has 0 aliphatic heterocycles. The summed E-state index contributed by atoms with van der Waals surface area (Å²) in [6.45, 7) is 4.26. The normalized spacial score (nSPS) is 26.2. The van der Waals surface area contributed by atoms with Crippen LogP contribution in [0.3, 0.4) is 0 Å². The fourth-order valence-corrected chi connectivity index (χ4v) is 2.47. The zero-order valence-electron chi connectivity index (χ0n) is 10.3. The molecule has 0 radical (unpaired) electrons. The summed E-state index contributed by atoms with van der Waals surface area (Å²) >= 11 is 0. The average Bonchev–Trinajstić information content (AvgIpc) is 2.70.